The highest BCUT2D eigenvalue weighted by atomic mass is 16.6. The molecule has 6 heteroatoms. The van der Waals surface area contributed by atoms with Crippen LogP contribution in [0.2, 0.25) is 0 Å². The molecule has 0 radical (unpaired) electrons. The fourth-order valence-electron chi connectivity index (χ4n) is 2.56. The van der Waals surface area contributed by atoms with E-state index in [0.29, 0.717) is 18.0 Å². The molecular formula is C23H27NO5. The summed E-state index contributed by atoms with van der Waals surface area (Å²) in [6, 6.07) is 13.2. The molecule has 0 aliphatic carbocycles. The van der Waals surface area contributed by atoms with E-state index in [1.807, 2.05) is 62.4 Å². The quantitative estimate of drug-likeness (QED) is 0.654. The molecule has 0 saturated heterocycles. The van der Waals surface area contributed by atoms with E-state index in [2.05, 4.69) is 5.32 Å². The van der Waals surface area contributed by atoms with Crippen molar-refractivity contribution in [1.29, 1.82) is 0 Å². The van der Waals surface area contributed by atoms with Gasteiger partial charge in [-0.25, -0.2) is 4.79 Å². The van der Waals surface area contributed by atoms with Crippen LogP contribution in [0, 0.1) is 6.92 Å². The Morgan fingerprint density at radius 1 is 1.10 bits per heavy atom. The first kappa shape index (κ1) is 22.0. The van der Waals surface area contributed by atoms with Gasteiger partial charge in [-0.1, -0.05) is 48.0 Å². The predicted octanol–water partition coefficient (Wildman–Crippen LogP) is 3.66. The van der Waals surface area contributed by atoms with Gasteiger partial charge < -0.3 is 19.5 Å². The second-order valence-corrected chi connectivity index (χ2v) is 6.53. The average molecular weight is 397 g/mol. The molecule has 0 bridgehead atoms. The number of allylic oxidation sites excluding steroid dienone is 1. The lowest BCUT2D eigenvalue weighted by Gasteiger charge is -2.15. The Balaban J connectivity index is 1.82. The first-order chi connectivity index (χ1) is 13.9. The zero-order valence-electron chi connectivity index (χ0n) is 17.2. The van der Waals surface area contributed by atoms with Gasteiger partial charge in [0.1, 0.15) is 0 Å². The number of ether oxygens (including phenoxy) is 3. The summed E-state index contributed by atoms with van der Waals surface area (Å²) in [7, 11) is 1.53. The summed E-state index contributed by atoms with van der Waals surface area (Å²) >= 11 is 0. The van der Waals surface area contributed by atoms with Crippen molar-refractivity contribution in [3.8, 4) is 11.5 Å². The van der Waals surface area contributed by atoms with Gasteiger partial charge in [-0.05, 0) is 44.0 Å². The van der Waals surface area contributed by atoms with E-state index in [1.54, 1.807) is 6.07 Å². The molecule has 6 nitrogen and oxygen atoms in total. The number of hydrogen-bond acceptors (Lipinski definition) is 5. The molecule has 0 heterocycles. The minimum Gasteiger partial charge on any atom is -0.493 e. The normalized spacial score (nSPS) is 11.7. The monoisotopic (exact) mass is 397 g/mol. The van der Waals surface area contributed by atoms with Crippen molar-refractivity contribution in [3.05, 3.63) is 65.2 Å². The van der Waals surface area contributed by atoms with E-state index < -0.39 is 12.1 Å². The van der Waals surface area contributed by atoms with Crippen LogP contribution in [0.15, 0.2) is 48.5 Å². The average Bonchev–Trinajstić information content (AvgIpc) is 2.72. The Morgan fingerprint density at radius 2 is 1.83 bits per heavy atom. The third kappa shape index (κ3) is 6.99. The SMILES string of the molecule is C/C=C/c1ccc(OCC(=O)O[C@H](C)C(=O)NCc2ccc(C)cc2)c(OC)c1. The topological polar surface area (TPSA) is 73.9 Å². The van der Waals surface area contributed by atoms with Crippen molar-refractivity contribution in [3.63, 3.8) is 0 Å². The maximum Gasteiger partial charge on any atom is 0.344 e. The summed E-state index contributed by atoms with van der Waals surface area (Å²) in [6.07, 6.45) is 2.92. The second-order valence-electron chi connectivity index (χ2n) is 6.53. The number of methoxy groups -OCH3 is 1. The highest BCUT2D eigenvalue weighted by Gasteiger charge is 2.18. The van der Waals surface area contributed by atoms with Gasteiger partial charge in [0.2, 0.25) is 0 Å². The van der Waals surface area contributed by atoms with Crippen molar-refractivity contribution in [2.45, 2.75) is 33.4 Å². The molecule has 0 unspecified atom stereocenters. The standard InChI is InChI=1S/C23H27NO5/c1-5-6-18-11-12-20(21(13-18)27-4)28-15-22(25)29-17(3)23(26)24-14-19-9-7-16(2)8-10-19/h5-13,17H,14-15H2,1-4H3,(H,24,26)/b6-5+/t17-/m1/s1. The number of carbonyl (C=O) groups is 2. The van der Waals surface area contributed by atoms with Crippen LogP contribution in [0.25, 0.3) is 6.08 Å². The van der Waals surface area contributed by atoms with Crippen LogP contribution in [-0.2, 0) is 20.9 Å². The number of rotatable bonds is 9. The van der Waals surface area contributed by atoms with Gasteiger partial charge in [-0.2, -0.15) is 0 Å². The zero-order valence-corrected chi connectivity index (χ0v) is 17.2. The maximum absolute atomic E-state index is 12.1. The lowest BCUT2D eigenvalue weighted by atomic mass is 10.1. The van der Waals surface area contributed by atoms with Crippen LogP contribution in [0.3, 0.4) is 0 Å². The number of aryl methyl sites for hydroxylation is 1. The molecule has 0 spiro atoms. The van der Waals surface area contributed by atoms with Gasteiger partial charge in [0.25, 0.3) is 5.91 Å². The number of benzene rings is 2. The number of amides is 1. The minimum absolute atomic E-state index is 0.324. The van der Waals surface area contributed by atoms with Crippen LogP contribution in [0.1, 0.15) is 30.5 Å². The van der Waals surface area contributed by atoms with Gasteiger partial charge in [-0.3, -0.25) is 4.79 Å². The number of esters is 1. The fourth-order valence-corrected chi connectivity index (χ4v) is 2.56. The van der Waals surface area contributed by atoms with Gasteiger partial charge in [0.15, 0.2) is 24.2 Å². The third-order valence-corrected chi connectivity index (χ3v) is 4.16. The highest BCUT2D eigenvalue weighted by Crippen LogP contribution is 2.28. The molecule has 1 amide bonds. The molecule has 2 aromatic carbocycles. The molecule has 0 fully saturated rings. The smallest absolute Gasteiger partial charge is 0.344 e. The fraction of sp³-hybridized carbons (Fsp3) is 0.304. The Labute approximate surface area is 171 Å². The summed E-state index contributed by atoms with van der Waals surface area (Å²) < 4.78 is 15.9. The maximum atomic E-state index is 12.1. The lowest BCUT2D eigenvalue weighted by molar-refractivity contribution is -0.156. The molecule has 0 aliphatic heterocycles. The van der Waals surface area contributed by atoms with Gasteiger partial charge in [0, 0.05) is 6.54 Å². The van der Waals surface area contributed by atoms with Crippen LogP contribution in [0.4, 0.5) is 0 Å². The van der Waals surface area contributed by atoms with Gasteiger partial charge >= 0.3 is 5.97 Å². The Hall–Kier alpha value is -3.28. The molecule has 2 rings (SSSR count). The summed E-state index contributed by atoms with van der Waals surface area (Å²) in [4.78, 5) is 24.2. The Morgan fingerprint density at radius 3 is 2.48 bits per heavy atom. The van der Waals surface area contributed by atoms with Crippen molar-refractivity contribution in [2.24, 2.45) is 0 Å². The molecule has 0 aromatic heterocycles. The van der Waals surface area contributed by atoms with Gasteiger partial charge in [0.05, 0.1) is 7.11 Å². The zero-order chi connectivity index (χ0) is 21.2. The van der Waals surface area contributed by atoms with E-state index in [1.165, 1.54) is 14.0 Å². The molecule has 2 aromatic rings. The van der Waals surface area contributed by atoms with Crippen LogP contribution in [-0.4, -0.2) is 31.7 Å². The Bertz CT molecular complexity index is 858. The van der Waals surface area contributed by atoms with Crippen molar-refractivity contribution >= 4 is 18.0 Å². The summed E-state index contributed by atoms with van der Waals surface area (Å²) in [5.74, 6) is -0.0683. The number of nitrogens with one attached hydrogen (secondary N) is 1. The van der Waals surface area contributed by atoms with Crippen molar-refractivity contribution in [1.82, 2.24) is 5.32 Å². The lowest BCUT2D eigenvalue weighted by Crippen LogP contribution is -2.36. The number of hydrogen-bond donors (Lipinski definition) is 1. The van der Waals surface area contributed by atoms with E-state index in [4.69, 9.17) is 14.2 Å². The van der Waals surface area contributed by atoms with Crippen molar-refractivity contribution < 1.29 is 23.8 Å². The van der Waals surface area contributed by atoms with E-state index >= 15 is 0 Å². The largest absolute Gasteiger partial charge is 0.493 e. The van der Waals surface area contributed by atoms with Crippen molar-refractivity contribution in [2.75, 3.05) is 13.7 Å². The first-order valence-electron chi connectivity index (χ1n) is 9.39. The molecule has 0 aliphatic rings. The highest BCUT2D eigenvalue weighted by molar-refractivity contribution is 5.83. The molecule has 1 N–H and O–H groups in total. The summed E-state index contributed by atoms with van der Waals surface area (Å²) in [5, 5.41) is 2.75. The first-order valence-corrected chi connectivity index (χ1v) is 9.39. The minimum atomic E-state index is -0.921. The van der Waals surface area contributed by atoms with Crippen LogP contribution in [0.5, 0.6) is 11.5 Å². The van der Waals surface area contributed by atoms with E-state index in [0.717, 1.165) is 16.7 Å². The Kier molecular flexibility index (Phi) is 8.27. The molecule has 154 valence electrons. The predicted molar refractivity (Wildman–Crippen MR) is 112 cm³/mol. The number of carbonyl (C=O) groups excluding carboxylic acids is 2. The molecule has 29 heavy (non-hydrogen) atoms. The van der Waals surface area contributed by atoms with Gasteiger partial charge in [-0.15, -0.1) is 0 Å². The second kappa shape index (κ2) is 10.9. The molecule has 1 atom stereocenters. The molecular weight excluding hydrogens is 370 g/mol. The summed E-state index contributed by atoms with van der Waals surface area (Å²) in [5.41, 5.74) is 3.08. The molecule has 0 saturated carbocycles. The third-order valence-electron chi connectivity index (χ3n) is 4.16. The van der Waals surface area contributed by atoms with E-state index in [9.17, 15) is 9.59 Å². The van der Waals surface area contributed by atoms with Crippen LogP contribution >= 0.6 is 0 Å². The summed E-state index contributed by atoms with van der Waals surface area (Å²) in [6.45, 7) is 5.49. The van der Waals surface area contributed by atoms with E-state index in [-0.39, 0.29) is 12.5 Å². The van der Waals surface area contributed by atoms with Crippen LogP contribution < -0.4 is 14.8 Å².